The van der Waals surface area contributed by atoms with E-state index in [1.165, 1.54) is 4.90 Å². The van der Waals surface area contributed by atoms with Crippen molar-refractivity contribution in [1.82, 2.24) is 10.2 Å². The Balaban J connectivity index is 1.79. The lowest BCUT2D eigenvalue weighted by Crippen LogP contribution is -2.54. The number of hydrogen-bond donors (Lipinski definition) is 2. The molecular formula is C25H32N2O5. The number of nitrogens with zero attached hydrogens (tertiary/aromatic N) is 1. The van der Waals surface area contributed by atoms with Gasteiger partial charge in [0.05, 0.1) is 12.6 Å². The number of nitrogens with one attached hydrogen (secondary N) is 1. The monoisotopic (exact) mass is 440 g/mol. The summed E-state index contributed by atoms with van der Waals surface area (Å²) in [6, 6.07) is 8.55. The third-order valence-electron chi connectivity index (χ3n) is 5.99. The van der Waals surface area contributed by atoms with Crippen LogP contribution in [0, 0.1) is 5.92 Å². The van der Waals surface area contributed by atoms with Gasteiger partial charge in [-0.1, -0.05) is 48.9 Å². The van der Waals surface area contributed by atoms with Crippen molar-refractivity contribution in [3.8, 4) is 0 Å². The predicted octanol–water partition coefficient (Wildman–Crippen LogP) is 3.07. The average molecular weight is 441 g/mol. The minimum Gasteiger partial charge on any atom is -0.480 e. The van der Waals surface area contributed by atoms with Crippen LogP contribution in [0.5, 0.6) is 0 Å². The number of hydrogen-bond acceptors (Lipinski definition) is 5. The van der Waals surface area contributed by atoms with Gasteiger partial charge in [-0.05, 0) is 50.7 Å². The van der Waals surface area contributed by atoms with Crippen LogP contribution in [0.4, 0.5) is 0 Å². The molecule has 1 fully saturated rings. The molecule has 1 aliphatic carbocycles. The molecule has 2 N–H and O–H groups in total. The smallest absolute Gasteiger partial charge is 0.323 e. The maximum atomic E-state index is 13.5. The first-order chi connectivity index (χ1) is 15.5. The Morgan fingerprint density at radius 1 is 1.25 bits per heavy atom. The number of carboxylic acids is 1. The standard InChI is InChI=1S/C25H32N2O5/c1-2-32-25(31)21(16-15-18-9-4-3-5-10-18)26-20-13-8-12-19-11-6-7-14-22(19)27(24(20)30)17-23(28)29/h3-7,9-10,14,19-21,26H,2,8,11-13,15-17H2,1H3,(H,28,29). The second kappa shape index (κ2) is 11.6. The van der Waals surface area contributed by atoms with Gasteiger partial charge in [-0.3, -0.25) is 19.7 Å². The Morgan fingerprint density at radius 2 is 2.03 bits per heavy atom. The number of fused-ring (bicyclic) bond motifs is 1. The molecule has 3 unspecified atom stereocenters. The highest BCUT2D eigenvalue weighted by Gasteiger charge is 2.36. The van der Waals surface area contributed by atoms with Gasteiger partial charge in [-0.2, -0.15) is 0 Å². The van der Waals surface area contributed by atoms with Gasteiger partial charge in [-0.25, -0.2) is 0 Å². The Hall–Kier alpha value is -2.93. The van der Waals surface area contributed by atoms with E-state index < -0.39 is 18.1 Å². The van der Waals surface area contributed by atoms with Crippen molar-refractivity contribution in [1.29, 1.82) is 0 Å². The van der Waals surface area contributed by atoms with Crippen LogP contribution in [-0.2, 0) is 25.5 Å². The molecule has 1 saturated heterocycles. The minimum atomic E-state index is -1.06. The third-order valence-corrected chi connectivity index (χ3v) is 5.99. The van der Waals surface area contributed by atoms with Crippen LogP contribution in [0.25, 0.3) is 0 Å². The van der Waals surface area contributed by atoms with Gasteiger partial charge in [0, 0.05) is 11.6 Å². The fourth-order valence-corrected chi connectivity index (χ4v) is 4.42. The topological polar surface area (TPSA) is 95.9 Å². The predicted molar refractivity (Wildman–Crippen MR) is 121 cm³/mol. The minimum absolute atomic E-state index is 0.142. The first kappa shape index (κ1) is 23.7. The number of aryl methyl sites for hydroxylation is 1. The van der Waals surface area contributed by atoms with Gasteiger partial charge in [0.25, 0.3) is 0 Å². The largest absolute Gasteiger partial charge is 0.480 e. The van der Waals surface area contributed by atoms with Crippen LogP contribution in [0.2, 0.25) is 0 Å². The van der Waals surface area contributed by atoms with E-state index in [1.54, 1.807) is 6.92 Å². The Bertz CT molecular complexity index is 864. The van der Waals surface area contributed by atoms with Gasteiger partial charge in [-0.15, -0.1) is 0 Å². The lowest BCUT2D eigenvalue weighted by Gasteiger charge is -2.37. The van der Waals surface area contributed by atoms with Crippen LogP contribution < -0.4 is 5.32 Å². The molecule has 0 aromatic heterocycles. The molecule has 1 aromatic carbocycles. The number of carboxylic acid groups (broad SMARTS) is 1. The first-order valence-electron chi connectivity index (χ1n) is 11.4. The molecule has 2 aliphatic rings. The molecule has 1 heterocycles. The number of esters is 1. The molecule has 3 rings (SSSR count). The number of aliphatic carboxylic acids is 1. The highest BCUT2D eigenvalue weighted by atomic mass is 16.5. The lowest BCUT2D eigenvalue weighted by atomic mass is 9.87. The Labute approximate surface area is 189 Å². The third kappa shape index (κ3) is 6.29. The summed E-state index contributed by atoms with van der Waals surface area (Å²) in [7, 11) is 0. The molecule has 1 aliphatic heterocycles. The summed E-state index contributed by atoms with van der Waals surface area (Å²) in [6.45, 7) is 1.62. The fraction of sp³-hybridized carbons (Fsp3) is 0.480. The zero-order valence-corrected chi connectivity index (χ0v) is 18.5. The highest BCUT2D eigenvalue weighted by Crippen LogP contribution is 2.32. The zero-order valence-electron chi connectivity index (χ0n) is 18.5. The molecule has 0 saturated carbocycles. The van der Waals surface area contributed by atoms with E-state index in [4.69, 9.17) is 4.74 Å². The summed E-state index contributed by atoms with van der Waals surface area (Å²) in [6.07, 6.45) is 9.94. The van der Waals surface area contributed by atoms with Crippen molar-refractivity contribution in [2.75, 3.05) is 13.2 Å². The molecule has 7 heteroatoms. The van der Waals surface area contributed by atoms with Crippen molar-refractivity contribution in [3.63, 3.8) is 0 Å². The van der Waals surface area contributed by atoms with E-state index in [2.05, 4.69) is 11.4 Å². The highest BCUT2D eigenvalue weighted by molar-refractivity contribution is 5.88. The van der Waals surface area contributed by atoms with Gasteiger partial charge in [0.15, 0.2) is 0 Å². The van der Waals surface area contributed by atoms with Gasteiger partial charge in [0.1, 0.15) is 12.6 Å². The van der Waals surface area contributed by atoms with E-state index >= 15 is 0 Å². The summed E-state index contributed by atoms with van der Waals surface area (Å²) in [4.78, 5) is 39.0. The molecular weight excluding hydrogens is 408 g/mol. The number of ether oxygens (including phenoxy) is 1. The molecule has 172 valence electrons. The van der Waals surface area contributed by atoms with Gasteiger partial charge in [0.2, 0.25) is 5.91 Å². The first-order valence-corrected chi connectivity index (χ1v) is 11.4. The normalized spacial score (nSPS) is 21.7. The summed E-state index contributed by atoms with van der Waals surface area (Å²) >= 11 is 0. The van der Waals surface area contributed by atoms with Crippen LogP contribution in [0.15, 0.2) is 54.3 Å². The van der Waals surface area contributed by atoms with Crippen molar-refractivity contribution >= 4 is 17.8 Å². The Kier molecular flexibility index (Phi) is 8.62. The van der Waals surface area contributed by atoms with Crippen LogP contribution >= 0.6 is 0 Å². The molecule has 0 radical (unpaired) electrons. The van der Waals surface area contributed by atoms with Gasteiger partial charge < -0.3 is 14.7 Å². The molecule has 1 amide bonds. The summed E-state index contributed by atoms with van der Waals surface area (Å²) in [5.74, 6) is -1.60. The van der Waals surface area contributed by atoms with Crippen molar-refractivity contribution < 1.29 is 24.2 Å². The molecule has 0 bridgehead atoms. The number of amides is 1. The Morgan fingerprint density at radius 3 is 2.75 bits per heavy atom. The van der Waals surface area contributed by atoms with Crippen molar-refractivity contribution in [2.24, 2.45) is 5.92 Å². The number of likely N-dealkylation sites (tertiary alicyclic amines) is 1. The molecule has 0 spiro atoms. The number of benzene rings is 1. The maximum absolute atomic E-state index is 13.5. The number of carbonyl (C=O) groups excluding carboxylic acids is 2. The average Bonchev–Trinajstić information content (AvgIpc) is 2.79. The van der Waals surface area contributed by atoms with Gasteiger partial charge >= 0.3 is 11.9 Å². The van der Waals surface area contributed by atoms with Crippen molar-refractivity contribution in [3.05, 3.63) is 59.8 Å². The molecule has 32 heavy (non-hydrogen) atoms. The molecule has 3 atom stereocenters. The second-order valence-electron chi connectivity index (χ2n) is 8.25. The van der Waals surface area contributed by atoms with E-state index in [-0.39, 0.29) is 30.9 Å². The summed E-state index contributed by atoms with van der Waals surface area (Å²) < 4.78 is 5.26. The van der Waals surface area contributed by atoms with Crippen LogP contribution in [0.3, 0.4) is 0 Å². The van der Waals surface area contributed by atoms with E-state index in [1.807, 2.05) is 42.5 Å². The van der Waals surface area contributed by atoms with E-state index in [0.29, 0.717) is 19.3 Å². The quantitative estimate of drug-likeness (QED) is 0.573. The summed E-state index contributed by atoms with van der Waals surface area (Å²) in [5, 5.41) is 12.7. The summed E-state index contributed by atoms with van der Waals surface area (Å²) in [5.41, 5.74) is 1.85. The molecule has 1 aromatic rings. The maximum Gasteiger partial charge on any atom is 0.323 e. The van der Waals surface area contributed by atoms with Crippen LogP contribution in [-0.4, -0.2) is 53.1 Å². The fourth-order valence-electron chi connectivity index (χ4n) is 4.42. The number of allylic oxidation sites excluding steroid dienone is 4. The van der Waals surface area contributed by atoms with Crippen LogP contribution in [0.1, 0.15) is 44.6 Å². The lowest BCUT2D eigenvalue weighted by molar-refractivity contribution is -0.148. The van der Waals surface area contributed by atoms with Crippen molar-refractivity contribution in [2.45, 2.75) is 57.5 Å². The second-order valence-corrected chi connectivity index (χ2v) is 8.25. The number of rotatable bonds is 9. The zero-order chi connectivity index (χ0) is 22.9. The van der Waals surface area contributed by atoms with E-state index in [9.17, 15) is 19.5 Å². The molecule has 7 nitrogen and oxygen atoms in total. The number of carbonyl (C=O) groups is 3. The van der Waals surface area contributed by atoms with E-state index in [0.717, 1.165) is 30.5 Å². The SMILES string of the molecule is CCOC(=O)C(CCc1ccccc1)NC1CCCC2CC=CC=C2N(CC(=O)O)C1=O.